The SMILES string of the molecule is CCCCCCCCCCCCCCc1ccc2cccc(S(=O)(=O)[O-])c2c1CCCCCCCCCCCCCC.[K+]. The van der Waals surface area contributed by atoms with Crippen molar-refractivity contribution in [3.05, 3.63) is 41.5 Å². The van der Waals surface area contributed by atoms with E-state index in [2.05, 4.69) is 19.9 Å². The Morgan fingerprint density at radius 3 is 1.33 bits per heavy atom. The number of benzene rings is 2. The molecule has 2 rings (SSSR count). The first kappa shape index (κ1) is 41.3. The molecular weight excluding hydrogens is 576 g/mol. The minimum atomic E-state index is -4.52. The van der Waals surface area contributed by atoms with Gasteiger partial charge in [-0.3, -0.25) is 0 Å². The van der Waals surface area contributed by atoms with Gasteiger partial charge in [-0.15, -0.1) is 0 Å². The summed E-state index contributed by atoms with van der Waals surface area (Å²) in [6.07, 6.45) is 33.4. The minimum absolute atomic E-state index is 0. The van der Waals surface area contributed by atoms with E-state index >= 15 is 0 Å². The maximum Gasteiger partial charge on any atom is 1.00 e. The standard InChI is InChI=1S/C38H64O3S.K/c1-3-5-7-9-11-13-15-17-19-21-23-25-28-34-32-33-35-29-27-31-37(42(39,40)41)38(35)36(34)30-26-24-22-20-18-16-14-12-10-8-6-4-2;/h27,29,31-33H,3-26,28,30H2,1-2H3,(H,39,40,41);/q;+1/p-1. The molecule has 0 aliphatic rings. The molecule has 2 aromatic carbocycles. The Morgan fingerprint density at radius 1 is 0.512 bits per heavy atom. The molecule has 0 atom stereocenters. The van der Waals surface area contributed by atoms with Crippen LogP contribution in [-0.4, -0.2) is 13.0 Å². The van der Waals surface area contributed by atoms with E-state index in [1.807, 2.05) is 12.1 Å². The van der Waals surface area contributed by atoms with Crippen LogP contribution in [0.1, 0.15) is 179 Å². The molecule has 0 aliphatic carbocycles. The molecule has 0 spiro atoms. The first-order valence-corrected chi connectivity index (χ1v) is 19.4. The maximum atomic E-state index is 12.2. The van der Waals surface area contributed by atoms with Crippen LogP contribution in [0.4, 0.5) is 0 Å². The van der Waals surface area contributed by atoms with Gasteiger partial charge in [0.1, 0.15) is 10.1 Å². The van der Waals surface area contributed by atoms with Crippen molar-refractivity contribution < 1.29 is 64.4 Å². The van der Waals surface area contributed by atoms with Gasteiger partial charge >= 0.3 is 51.4 Å². The summed E-state index contributed by atoms with van der Waals surface area (Å²) >= 11 is 0. The fourth-order valence-corrected chi connectivity index (χ4v) is 7.23. The Hall–Kier alpha value is 0.246. The summed E-state index contributed by atoms with van der Waals surface area (Å²) in [5.74, 6) is 0. The third-order valence-corrected chi connectivity index (χ3v) is 9.94. The molecule has 3 nitrogen and oxygen atoms in total. The van der Waals surface area contributed by atoms with Gasteiger partial charge in [-0.1, -0.05) is 179 Å². The number of hydrogen-bond acceptors (Lipinski definition) is 3. The van der Waals surface area contributed by atoms with Gasteiger partial charge in [-0.05, 0) is 48.3 Å². The van der Waals surface area contributed by atoms with Crippen molar-refractivity contribution in [3.8, 4) is 0 Å². The number of aryl methyl sites for hydroxylation is 2. The molecule has 0 aromatic heterocycles. The number of hydrogen-bond donors (Lipinski definition) is 0. The van der Waals surface area contributed by atoms with Crippen LogP contribution in [-0.2, 0) is 23.0 Å². The van der Waals surface area contributed by atoms with Crippen molar-refractivity contribution in [2.24, 2.45) is 0 Å². The van der Waals surface area contributed by atoms with Gasteiger partial charge in [0.25, 0.3) is 0 Å². The summed E-state index contributed by atoms with van der Waals surface area (Å²) in [6, 6.07) is 9.36. The molecule has 0 fully saturated rings. The van der Waals surface area contributed by atoms with E-state index in [1.54, 1.807) is 6.07 Å². The predicted molar refractivity (Wildman–Crippen MR) is 181 cm³/mol. The zero-order chi connectivity index (χ0) is 30.3. The number of fused-ring (bicyclic) bond motifs is 1. The molecular formula is C38H63KO3S. The summed E-state index contributed by atoms with van der Waals surface area (Å²) in [7, 11) is -4.52. The van der Waals surface area contributed by atoms with E-state index in [0.717, 1.165) is 43.1 Å². The normalized spacial score (nSPS) is 11.7. The molecule has 0 saturated heterocycles. The van der Waals surface area contributed by atoms with Gasteiger partial charge in [-0.25, -0.2) is 8.42 Å². The summed E-state index contributed by atoms with van der Waals surface area (Å²) < 4.78 is 36.6. The fourth-order valence-electron chi connectivity index (χ4n) is 6.49. The van der Waals surface area contributed by atoms with Crippen molar-refractivity contribution in [2.75, 3.05) is 0 Å². The summed E-state index contributed by atoms with van der Waals surface area (Å²) in [6.45, 7) is 4.54. The van der Waals surface area contributed by atoms with Crippen LogP contribution in [0.5, 0.6) is 0 Å². The second kappa shape index (κ2) is 26.3. The van der Waals surface area contributed by atoms with Crippen LogP contribution in [0.25, 0.3) is 10.8 Å². The first-order chi connectivity index (χ1) is 20.5. The second-order valence-electron chi connectivity index (χ2n) is 12.8. The molecule has 0 heterocycles. The Balaban J connectivity index is 0.00000924. The largest absolute Gasteiger partial charge is 1.00 e. The van der Waals surface area contributed by atoms with E-state index in [1.165, 1.54) is 146 Å². The van der Waals surface area contributed by atoms with E-state index in [0.29, 0.717) is 5.39 Å². The quantitative estimate of drug-likeness (QED) is 0.0557. The van der Waals surface area contributed by atoms with E-state index in [-0.39, 0.29) is 56.3 Å². The Bertz CT molecular complexity index is 1070. The summed E-state index contributed by atoms with van der Waals surface area (Å²) in [4.78, 5) is -0.0366. The van der Waals surface area contributed by atoms with E-state index in [4.69, 9.17) is 0 Å². The van der Waals surface area contributed by atoms with Gasteiger partial charge in [0, 0.05) is 5.39 Å². The molecule has 2 aromatic rings. The van der Waals surface area contributed by atoms with Crippen molar-refractivity contribution >= 4 is 20.9 Å². The van der Waals surface area contributed by atoms with Crippen molar-refractivity contribution in [1.29, 1.82) is 0 Å². The number of rotatable bonds is 27. The zero-order valence-electron chi connectivity index (χ0n) is 28.4. The van der Waals surface area contributed by atoms with Gasteiger partial charge in [0.05, 0.1) is 4.90 Å². The molecule has 0 amide bonds. The van der Waals surface area contributed by atoms with Gasteiger partial charge in [0.15, 0.2) is 0 Å². The van der Waals surface area contributed by atoms with Crippen molar-refractivity contribution in [2.45, 2.75) is 186 Å². The summed E-state index contributed by atoms with van der Waals surface area (Å²) in [5.41, 5.74) is 2.35. The third-order valence-electron chi connectivity index (χ3n) is 9.06. The monoisotopic (exact) mass is 638 g/mol. The Labute approximate surface area is 309 Å². The second-order valence-corrected chi connectivity index (χ2v) is 14.1. The smallest absolute Gasteiger partial charge is 0.744 e. The van der Waals surface area contributed by atoms with Gasteiger partial charge in [0.2, 0.25) is 0 Å². The molecule has 5 heteroatoms. The zero-order valence-corrected chi connectivity index (χ0v) is 32.3. The molecule has 0 radical (unpaired) electrons. The third kappa shape index (κ3) is 18.2. The van der Waals surface area contributed by atoms with Gasteiger partial charge < -0.3 is 4.55 Å². The summed E-state index contributed by atoms with van der Waals surface area (Å²) in [5, 5.41) is 1.56. The molecule has 0 unspecified atom stereocenters. The van der Waals surface area contributed by atoms with Crippen molar-refractivity contribution in [3.63, 3.8) is 0 Å². The minimum Gasteiger partial charge on any atom is -0.744 e. The molecule has 0 bridgehead atoms. The topological polar surface area (TPSA) is 57.2 Å². The molecule has 0 N–H and O–H groups in total. The fraction of sp³-hybridized carbons (Fsp3) is 0.737. The van der Waals surface area contributed by atoms with Crippen LogP contribution in [0.3, 0.4) is 0 Å². The van der Waals surface area contributed by atoms with Crippen LogP contribution in [0.15, 0.2) is 35.2 Å². The van der Waals surface area contributed by atoms with Crippen LogP contribution in [0.2, 0.25) is 0 Å². The Kier molecular flexibility index (Phi) is 25.3. The predicted octanol–water partition coefficient (Wildman–Crippen LogP) is 9.24. The number of unbranched alkanes of at least 4 members (excludes halogenated alkanes) is 22. The van der Waals surface area contributed by atoms with Crippen molar-refractivity contribution in [1.82, 2.24) is 0 Å². The molecule has 0 aliphatic heterocycles. The molecule has 43 heavy (non-hydrogen) atoms. The molecule has 0 saturated carbocycles. The van der Waals surface area contributed by atoms with Crippen LogP contribution < -0.4 is 51.4 Å². The maximum absolute atomic E-state index is 12.2. The van der Waals surface area contributed by atoms with Crippen LogP contribution >= 0.6 is 0 Å². The van der Waals surface area contributed by atoms with E-state index in [9.17, 15) is 13.0 Å². The Morgan fingerprint density at radius 2 is 0.907 bits per heavy atom. The van der Waals surface area contributed by atoms with Crippen LogP contribution in [0, 0.1) is 0 Å². The molecule has 240 valence electrons. The first-order valence-electron chi connectivity index (χ1n) is 18.0. The average molecular weight is 639 g/mol. The average Bonchev–Trinajstić information content (AvgIpc) is 2.98. The van der Waals surface area contributed by atoms with E-state index < -0.39 is 10.1 Å². The van der Waals surface area contributed by atoms with Gasteiger partial charge in [-0.2, -0.15) is 0 Å².